The lowest BCUT2D eigenvalue weighted by Crippen LogP contribution is -2.28. The second kappa shape index (κ2) is 9.65. The number of amides is 2. The molecule has 9 heteroatoms. The maximum absolute atomic E-state index is 13.8. The van der Waals surface area contributed by atoms with Crippen LogP contribution in [0.25, 0.3) is 0 Å². The van der Waals surface area contributed by atoms with Crippen LogP contribution in [-0.4, -0.2) is 21.6 Å². The maximum atomic E-state index is 13.8. The third-order valence-corrected chi connectivity index (χ3v) is 5.11. The highest BCUT2D eigenvalue weighted by Crippen LogP contribution is 2.19. The predicted molar refractivity (Wildman–Crippen MR) is 120 cm³/mol. The normalized spacial score (nSPS) is 10.6. The molecule has 3 aromatic rings. The largest absolute Gasteiger partial charge is 0.324 e. The number of carbonyl (C=O) groups is 2. The van der Waals surface area contributed by atoms with E-state index < -0.39 is 23.2 Å². The lowest BCUT2D eigenvalue weighted by atomic mass is 10.1. The standard InChI is InChI=1S/C22H20BrFN4O3/c1-13-3-5-16(11-14(13)2)25-22(31)19-7-8-21(30)28(27-19)10-9-20(29)26-18-6-4-15(23)12-17(18)24/h3-8,11-12H,9-10H2,1-2H3,(H,25,31)(H,26,29). The average Bonchev–Trinajstić information content (AvgIpc) is 2.72. The van der Waals surface area contributed by atoms with E-state index in [1.165, 1.54) is 24.3 Å². The summed E-state index contributed by atoms with van der Waals surface area (Å²) in [6.07, 6.45) is -0.120. The van der Waals surface area contributed by atoms with Crippen LogP contribution >= 0.6 is 15.9 Å². The highest BCUT2D eigenvalue weighted by molar-refractivity contribution is 9.10. The van der Waals surface area contributed by atoms with Crippen LogP contribution in [0.2, 0.25) is 0 Å². The second-order valence-electron chi connectivity index (χ2n) is 6.96. The van der Waals surface area contributed by atoms with Crippen molar-refractivity contribution in [2.45, 2.75) is 26.8 Å². The van der Waals surface area contributed by atoms with Crippen LogP contribution < -0.4 is 16.2 Å². The van der Waals surface area contributed by atoms with Gasteiger partial charge in [0.25, 0.3) is 11.5 Å². The fraction of sp³-hybridized carbons (Fsp3) is 0.182. The summed E-state index contributed by atoms with van der Waals surface area (Å²) in [6, 6.07) is 12.3. The summed E-state index contributed by atoms with van der Waals surface area (Å²) < 4.78 is 15.4. The molecule has 31 heavy (non-hydrogen) atoms. The Labute approximate surface area is 186 Å². The molecule has 2 amide bonds. The van der Waals surface area contributed by atoms with Crippen molar-refractivity contribution in [3.05, 3.63) is 86.0 Å². The number of aryl methyl sites for hydroxylation is 3. The van der Waals surface area contributed by atoms with Gasteiger partial charge in [-0.15, -0.1) is 0 Å². The number of hydrogen-bond acceptors (Lipinski definition) is 4. The molecule has 0 unspecified atom stereocenters. The van der Waals surface area contributed by atoms with E-state index in [1.807, 2.05) is 26.0 Å². The number of rotatable bonds is 6. The first-order valence-electron chi connectivity index (χ1n) is 9.44. The highest BCUT2D eigenvalue weighted by Gasteiger charge is 2.12. The fourth-order valence-electron chi connectivity index (χ4n) is 2.76. The minimum Gasteiger partial charge on any atom is -0.324 e. The van der Waals surface area contributed by atoms with Gasteiger partial charge in [0.15, 0.2) is 0 Å². The van der Waals surface area contributed by atoms with E-state index in [-0.39, 0.29) is 24.3 Å². The molecule has 0 saturated carbocycles. The number of hydrogen-bond donors (Lipinski definition) is 2. The van der Waals surface area contributed by atoms with Gasteiger partial charge in [0, 0.05) is 22.6 Å². The summed E-state index contributed by atoms with van der Waals surface area (Å²) in [5.74, 6) is -1.54. The first-order chi connectivity index (χ1) is 14.7. The Morgan fingerprint density at radius 1 is 1.03 bits per heavy atom. The summed E-state index contributed by atoms with van der Waals surface area (Å²) in [7, 11) is 0. The van der Waals surface area contributed by atoms with E-state index in [4.69, 9.17) is 0 Å². The highest BCUT2D eigenvalue weighted by atomic mass is 79.9. The van der Waals surface area contributed by atoms with Crippen LogP contribution in [0.1, 0.15) is 28.0 Å². The molecule has 1 heterocycles. The third-order valence-electron chi connectivity index (χ3n) is 4.62. The van der Waals surface area contributed by atoms with Crippen molar-refractivity contribution in [3.63, 3.8) is 0 Å². The van der Waals surface area contributed by atoms with Crippen molar-refractivity contribution in [1.29, 1.82) is 0 Å². The molecule has 0 aliphatic heterocycles. The van der Waals surface area contributed by atoms with Crippen LogP contribution in [0, 0.1) is 19.7 Å². The van der Waals surface area contributed by atoms with Gasteiger partial charge in [-0.05, 0) is 61.4 Å². The Hall–Kier alpha value is -3.33. The molecule has 0 radical (unpaired) electrons. The quantitative estimate of drug-likeness (QED) is 0.549. The average molecular weight is 487 g/mol. The first kappa shape index (κ1) is 22.4. The summed E-state index contributed by atoms with van der Waals surface area (Å²) in [5.41, 5.74) is 2.37. The van der Waals surface area contributed by atoms with Crippen LogP contribution in [0.3, 0.4) is 0 Å². The Morgan fingerprint density at radius 3 is 2.52 bits per heavy atom. The molecule has 7 nitrogen and oxygen atoms in total. The zero-order chi connectivity index (χ0) is 22.5. The summed E-state index contributed by atoms with van der Waals surface area (Å²) in [4.78, 5) is 36.7. The zero-order valence-electron chi connectivity index (χ0n) is 16.9. The van der Waals surface area contributed by atoms with Crippen LogP contribution in [0.5, 0.6) is 0 Å². The molecule has 0 saturated heterocycles. The van der Waals surface area contributed by atoms with Gasteiger partial charge in [-0.3, -0.25) is 14.4 Å². The van der Waals surface area contributed by atoms with Gasteiger partial charge in [0.05, 0.1) is 12.2 Å². The van der Waals surface area contributed by atoms with Gasteiger partial charge in [-0.1, -0.05) is 22.0 Å². The van der Waals surface area contributed by atoms with Crippen molar-refractivity contribution in [2.24, 2.45) is 0 Å². The summed E-state index contributed by atoms with van der Waals surface area (Å²) in [6.45, 7) is 3.85. The number of anilines is 2. The van der Waals surface area contributed by atoms with Crippen molar-refractivity contribution < 1.29 is 14.0 Å². The SMILES string of the molecule is Cc1ccc(NC(=O)c2ccc(=O)n(CCC(=O)Nc3ccc(Br)cc3F)n2)cc1C. The van der Waals surface area contributed by atoms with E-state index in [1.54, 1.807) is 12.1 Å². The number of aromatic nitrogens is 2. The molecule has 1 aromatic heterocycles. The van der Waals surface area contributed by atoms with Gasteiger partial charge in [0.2, 0.25) is 5.91 Å². The minimum atomic E-state index is -0.581. The zero-order valence-corrected chi connectivity index (χ0v) is 18.5. The molecular weight excluding hydrogens is 467 g/mol. The number of halogens is 2. The Bertz CT molecular complexity index is 1210. The Morgan fingerprint density at radius 2 is 1.81 bits per heavy atom. The topological polar surface area (TPSA) is 93.1 Å². The smallest absolute Gasteiger partial charge is 0.276 e. The molecule has 3 rings (SSSR count). The maximum Gasteiger partial charge on any atom is 0.276 e. The Balaban J connectivity index is 1.66. The van der Waals surface area contributed by atoms with Gasteiger partial charge in [0.1, 0.15) is 11.5 Å². The van der Waals surface area contributed by atoms with Gasteiger partial charge in [-0.25, -0.2) is 9.07 Å². The number of nitrogens with one attached hydrogen (secondary N) is 2. The summed E-state index contributed by atoms with van der Waals surface area (Å²) in [5, 5.41) is 9.24. The van der Waals surface area contributed by atoms with E-state index in [0.29, 0.717) is 10.2 Å². The van der Waals surface area contributed by atoms with E-state index in [9.17, 15) is 18.8 Å². The molecular formula is C22H20BrFN4O3. The van der Waals surface area contributed by atoms with Gasteiger partial charge >= 0.3 is 0 Å². The summed E-state index contributed by atoms with van der Waals surface area (Å²) >= 11 is 3.15. The number of carbonyl (C=O) groups excluding carboxylic acids is 2. The first-order valence-corrected chi connectivity index (χ1v) is 10.2. The van der Waals surface area contributed by atoms with E-state index in [0.717, 1.165) is 15.8 Å². The van der Waals surface area contributed by atoms with Crippen molar-refractivity contribution in [3.8, 4) is 0 Å². The molecule has 0 aliphatic carbocycles. The molecule has 0 fully saturated rings. The third kappa shape index (κ3) is 5.85. The molecule has 160 valence electrons. The lowest BCUT2D eigenvalue weighted by molar-refractivity contribution is -0.116. The van der Waals surface area contributed by atoms with Gasteiger partial charge in [-0.2, -0.15) is 5.10 Å². The molecule has 0 atom stereocenters. The number of nitrogens with zero attached hydrogens (tertiary/aromatic N) is 2. The molecule has 2 N–H and O–H groups in total. The second-order valence-corrected chi connectivity index (χ2v) is 7.87. The monoisotopic (exact) mass is 486 g/mol. The van der Waals surface area contributed by atoms with E-state index in [2.05, 4.69) is 31.7 Å². The van der Waals surface area contributed by atoms with Gasteiger partial charge < -0.3 is 10.6 Å². The molecule has 2 aromatic carbocycles. The minimum absolute atomic E-state index is 0.0371. The van der Waals surface area contributed by atoms with Crippen molar-refractivity contribution in [2.75, 3.05) is 10.6 Å². The van der Waals surface area contributed by atoms with Crippen molar-refractivity contribution >= 4 is 39.1 Å². The lowest BCUT2D eigenvalue weighted by Gasteiger charge is -2.10. The van der Waals surface area contributed by atoms with Crippen molar-refractivity contribution in [1.82, 2.24) is 9.78 Å². The Kier molecular flexibility index (Phi) is 6.96. The molecule has 0 bridgehead atoms. The van der Waals surface area contributed by atoms with Crippen LogP contribution in [0.4, 0.5) is 15.8 Å². The fourth-order valence-corrected chi connectivity index (χ4v) is 3.09. The molecule has 0 spiro atoms. The number of benzene rings is 2. The van der Waals surface area contributed by atoms with E-state index >= 15 is 0 Å². The molecule has 0 aliphatic rings. The predicted octanol–water partition coefficient (Wildman–Crippen LogP) is 4.04. The van der Waals surface area contributed by atoms with Crippen LogP contribution in [-0.2, 0) is 11.3 Å². The van der Waals surface area contributed by atoms with Crippen LogP contribution in [0.15, 0.2) is 57.8 Å².